The molecule has 0 saturated carbocycles. The van der Waals surface area contributed by atoms with Crippen LogP contribution in [0.5, 0.6) is 0 Å². The first-order valence-electron chi connectivity index (χ1n) is 5.10. The van der Waals surface area contributed by atoms with Crippen LogP contribution in [0.1, 0.15) is 34.6 Å². The zero-order chi connectivity index (χ0) is 13.1. The number of carbonyl (C=O) groups excluding carboxylic acids is 1. The standard InChI is InChI=1S/C10H19NO5/c1-6(12)8(11(14)15)7(2)16-9(13)10(3,4)5/h6-8,12H,1-5H3/t6-,7+,8+/m0/s1. The van der Waals surface area contributed by atoms with Gasteiger partial charge in [0.25, 0.3) is 6.04 Å². The zero-order valence-electron chi connectivity index (χ0n) is 10.3. The van der Waals surface area contributed by atoms with Crippen molar-refractivity contribution in [2.75, 3.05) is 0 Å². The van der Waals surface area contributed by atoms with Crippen molar-refractivity contribution in [3.8, 4) is 0 Å². The van der Waals surface area contributed by atoms with Gasteiger partial charge in [-0.2, -0.15) is 0 Å². The number of aliphatic hydroxyl groups is 1. The zero-order valence-corrected chi connectivity index (χ0v) is 10.3. The molecular formula is C10H19NO5. The van der Waals surface area contributed by atoms with E-state index in [9.17, 15) is 20.0 Å². The Labute approximate surface area is 94.7 Å². The van der Waals surface area contributed by atoms with E-state index >= 15 is 0 Å². The highest BCUT2D eigenvalue weighted by Gasteiger charge is 2.37. The van der Waals surface area contributed by atoms with Crippen molar-refractivity contribution < 1.29 is 19.6 Å². The van der Waals surface area contributed by atoms with Gasteiger partial charge in [-0.25, -0.2) is 0 Å². The number of aliphatic hydroxyl groups excluding tert-OH is 1. The van der Waals surface area contributed by atoms with Gasteiger partial charge in [0.15, 0.2) is 6.10 Å². The summed E-state index contributed by atoms with van der Waals surface area (Å²) in [5.74, 6) is -0.521. The van der Waals surface area contributed by atoms with Crippen LogP contribution in [0, 0.1) is 15.5 Å². The van der Waals surface area contributed by atoms with E-state index in [1.807, 2.05) is 0 Å². The van der Waals surface area contributed by atoms with Crippen LogP contribution in [0.2, 0.25) is 0 Å². The molecule has 0 aromatic carbocycles. The molecule has 0 amide bonds. The predicted molar refractivity (Wildman–Crippen MR) is 57.5 cm³/mol. The summed E-state index contributed by atoms with van der Waals surface area (Å²) in [7, 11) is 0. The van der Waals surface area contributed by atoms with Crippen molar-refractivity contribution in [2.45, 2.75) is 52.9 Å². The van der Waals surface area contributed by atoms with Gasteiger partial charge in [0, 0.05) is 4.92 Å². The Morgan fingerprint density at radius 3 is 2.06 bits per heavy atom. The lowest BCUT2D eigenvalue weighted by Gasteiger charge is -2.23. The Morgan fingerprint density at radius 2 is 1.81 bits per heavy atom. The van der Waals surface area contributed by atoms with Crippen molar-refractivity contribution in [2.24, 2.45) is 5.41 Å². The molecule has 0 saturated heterocycles. The van der Waals surface area contributed by atoms with Gasteiger partial charge in [-0.15, -0.1) is 0 Å². The van der Waals surface area contributed by atoms with Crippen LogP contribution in [-0.4, -0.2) is 34.2 Å². The molecule has 0 aliphatic rings. The van der Waals surface area contributed by atoms with Gasteiger partial charge in [-0.05, 0) is 34.6 Å². The summed E-state index contributed by atoms with van der Waals surface area (Å²) < 4.78 is 4.96. The van der Waals surface area contributed by atoms with Crippen molar-refractivity contribution in [3.05, 3.63) is 10.1 Å². The number of rotatable bonds is 4. The van der Waals surface area contributed by atoms with Crippen molar-refractivity contribution in [1.82, 2.24) is 0 Å². The van der Waals surface area contributed by atoms with E-state index in [0.29, 0.717) is 0 Å². The van der Waals surface area contributed by atoms with Crippen molar-refractivity contribution in [1.29, 1.82) is 0 Å². The molecule has 0 aromatic rings. The summed E-state index contributed by atoms with van der Waals surface area (Å²) in [6.07, 6.45) is -2.13. The molecule has 0 bridgehead atoms. The van der Waals surface area contributed by atoms with E-state index in [1.165, 1.54) is 13.8 Å². The first kappa shape index (κ1) is 14.8. The molecule has 0 rings (SSSR count). The fourth-order valence-corrected chi connectivity index (χ4v) is 1.16. The summed E-state index contributed by atoms with van der Waals surface area (Å²) >= 11 is 0. The molecule has 16 heavy (non-hydrogen) atoms. The normalized spacial score (nSPS) is 17.4. The van der Waals surface area contributed by atoms with Gasteiger partial charge in [0.05, 0.1) is 5.41 Å². The number of nitro groups is 1. The quantitative estimate of drug-likeness (QED) is 0.444. The van der Waals surface area contributed by atoms with Gasteiger partial charge in [-0.1, -0.05) is 0 Å². The second-order valence-corrected chi connectivity index (χ2v) is 4.88. The Kier molecular flexibility index (Phi) is 4.86. The second kappa shape index (κ2) is 5.25. The number of esters is 1. The van der Waals surface area contributed by atoms with Crippen LogP contribution in [0.4, 0.5) is 0 Å². The SMILES string of the molecule is C[C@H](O)[C@H]([C@@H](C)OC(=O)C(C)(C)C)[N+](=O)[O-]. The molecule has 6 nitrogen and oxygen atoms in total. The molecule has 0 unspecified atom stereocenters. The highest BCUT2D eigenvalue weighted by Crippen LogP contribution is 2.18. The van der Waals surface area contributed by atoms with Gasteiger partial charge < -0.3 is 9.84 Å². The van der Waals surface area contributed by atoms with E-state index in [4.69, 9.17) is 4.74 Å². The third-order valence-corrected chi connectivity index (χ3v) is 2.12. The highest BCUT2D eigenvalue weighted by molar-refractivity contribution is 5.75. The van der Waals surface area contributed by atoms with Crippen LogP contribution < -0.4 is 0 Å². The van der Waals surface area contributed by atoms with E-state index in [1.54, 1.807) is 20.8 Å². The minimum absolute atomic E-state index is 0.521. The molecular weight excluding hydrogens is 214 g/mol. The predicted octanol–water partition coefficient (Wildman–Crippen LogP) is 0.990. The largest absolute Gasteiger partial charge is 0.455 e. The fourth-order valence-electron chi connectivity index (χ4n) is 1.16. The van der Waals surface area contributed by atoms with Crippen LogP contribution in [-0.2, 0) is 9.53 Å². The lowest BCUT2D eigenvalue weighted by Crippen LogP contribution is -2.44. The number of hydrogen-bond donors (Lipinski definition) is 1. The third-order valence-electron chi connectivity index (χ3n) is 2.12. The number of ether oxygens (including phenoxy) is 1. The first-order valence-corrected chi connectivity index (χ1v) is 5.10. The number of nitrogens with zero attached hydrogens (tertiary/aromatic N) is 1. The van der Waals surface area contributed by atoms with E-state index < -0.39 is 34.6 Å². The maximum Gasteiger partial charge on any atom is 0.311 e. The topological polar surface area (TPSA) is 89.7 Å². The molecule has 0 aliphatic heterocycles. The van der Waals surface area contributed by atoms with E-state index in [2.05, 4.69) is 0 Å². The van der Waals surface area contributed by atoms with Gasteiger partial charge >= 0.3 is 5.97 Å². The van der Waals surface area contributed by atoms with Crippen LogP contribution in [0.3, 0.4) is 0 Å². The Hall–Kier alpha value is -1.17. The molecule has 0 spiro atoms. The summed E-state index contributed by atoms with van der Waals surface area (Å²) in [5.41, 5.74) is -0.714. The van der Waals surface area contributed by atoms with Crippen LogP contribution in [0.25, 0.3) is 0 Å². The average molecular weight is 233 g/mol. The van der Waals surface area contributed by atoms with E-state index in [-0.39, 0.29) is 0 Å². The lowest BCUT2D eigenvalue weighted by atomic mass is 9.97. The Bertz CT molecular complexity index is 269. The summed E-state index contributed by atoms with van der Waals surface area (Å²) in [6, 6.07) is -1.30. The fraction of sp³-hybridized carbons (Fsp3) is 0.900. The van der Waals surface area contributed by atoms with Gasteiger partial charge in [-0.3, -0.25) is 14.9 Å². The van der Waals surface area contributed by atoms with Gasteiger partial charge in [0.1, 0.15) is 6.10 Å². The highest BCUT2D eigenvalue weighted by atomic mass is 16.6. The lowest BCUT2D eigenvalue weighted by molar-refractivity contribution is -0.544. The molecule has 1 N–H and O–H groups in total. The first-order chi connectivity index (χ1) is 7.07. The average Bonchev–Trinajstić information content (AvgIpc) is 1.99. The minimum atomic E-state index is -1.30. The Balaban J connectivity index is 4.61. The minimum Gasteiger partial charge on any atom is -0.455 e. The molecule has 6 heteroatoms. The summed E-state index contributed by atoms with van der Waals surface area (Å²) in [5, 5.41) is 19.9. The summed E-state index contributed by atoms with van der Waals surface area (Å²) in [4.78, 5) is 21.5. The Morgan fingerprint density at radius 1 is 1.38 bits per heavy atom. The summed E-state index contributed by atoms with van der Waals surface area (Å²) in [6.45, 7) is 7.68. The van der Waals surface area contributed by atoms with Crippen LogP contribution >= 0.6 is 0 Å². The third kappa shape index (κ3) is 4.14. The molecule has 0 aromatic heterocycles. The molecule has 0 fully saturated rings. The number of carbonyl (C=O) groups is 1. The monoisotopic (exact) mass is 233 g/mol. The van der Waals surface area contributed by atoms with Crippen LogP contribution in [0.15, 0.2) is 0 Å². The van der Waals surface area contributed by atoms with Crippen molar-refractivity contribution >= 4 is 5.97 Å². The van der Waals surface area contributed by atoms with Gasteiger partial charge in [0.2, 0.25) is 0 Å². The molecule has 0 aliphatic carbocycles. The van der Waals surface area contributed by atoms with E-state index in [0.717, 1.165) is 0 Å². The maximum absolute atomic E-state index is 11.5. The number of hydrogen-bond acceptors (Lipinski definition) is 5. The van der Waals surface area contributed by atoms with Crippen molar-refractivity contribution in [3.63, 3.8) is 0 Å². The second-order valence-electron chi connectivity index (χ2n) is 4.88. The molecule has 0 heterocycles. The smallest absolute Gasteiger partial charge is 0.311 e. The molecule has 94 valence electrons. The molecule has 3 atom stereocenters. The molecule has 0 radical (unpaired) electrons. The maximum atomic E-state index is 11.5.